The molecule has 3 N–H and O–H groups in total. The van der Waals surface area contributed by atoms with Crippen LogP contribution in [-0.4, -0.2) is 20.6 Å². The molecule has 7 nitrogen and oxygen atoms in total. The number of hydrogen-bond acceptors (Lipinski definition) is 7. The Hall–Kier alpha value is -2.49. The van der Waals surface area contributed by atoms with E-state index in [2.05, 4.69) is 15.3 Å². The molecule has 0 bridgehead atoms. The summed E-state index contributed by atoms with van der Waals surface area (Å²) in [5, 5.41) is 13.5. The van der Waals surface area contributed by atoms with Gasteiger partial charge in [-0.05, 0) is 12.1 Å². The largest absolute Gasteiger partial charge is 0.368 e. The highest BCUT2D eigenvalue weighted by Crippen LogP contribution is 2.34. The van der Waals surface area contributed by atoms with Crippen molar-refractivity contribution >= 4 is 34.9 Å². The third-order valence-corrected chi connectivity index (χ3v) is 3.13. The lowest BCUT2D eigenvalue weighted by Gasteiger charge is -2.10. The first-order valence-corrected chi connectivity index (χ1v) is 6.43. The van der Waals surface area contributed by atoms with Gasteiger partial charge >= 0.3 is 5.69 Å². The lowest BCUT2D eigenvalue weighted by Crippen LogP contribution is -2.04. The highest BCUT2D eigenvalue weighted by atomic mass is 32.2. The van der Waals surface area contributed by atoms with Gasteiger partial charge in [-0.15, -0.1) is 0 Å². The summed E-state index contributed by atoms with van der Waals surface area (Å²) in [6.45, 7) is 0. The molecule has 1 aromatic heterocycles. The minimum Gasteiger partial charge on any atom is -0.368 e. The zero-order valence-corrected chi connectivity index (χ0v) is 11.2. The highest BCUT2D eigenvalue weighted by molar-refractivity contribution is 7.99. The number of alkyl halides is 2. The van der Waals surface area contributed by atoms with E-state index in [4.69, 9.17) is 5.73 Å². The minimum atomic E-state index is -2.61. The smallest absolute Gasteiger partial charge is 0.329 e. The summed E-state index contributed by atoms with van der Waals surface area (Å²) in [6.07, 6.45) is 0.952. The number of nitro groups is 1. The Labute approximate surface area is 121 Å². The first-order valence-electron chi connectivity index (χ1n) is 5.55. The van der Waals surface area contributed by atoms with Crippen LogP contribution in [0, 0.1) is 10.1 Å². The molecule has 2 aromatic rings. The zero-order chi connectivity index (χ0) is 15.4. The van der Waals surface area contributed by atoms with Gasteiger partial charge in [-0.1, -0.05) is 23.9 Å². The van der Waals surface area contributed by atoms with Crippen molar-refractivity contribution in [3.8, 4) is 0 Å². The summed E-state index contributed by atoms with van der Waals surface area (Å²) in [4.78, 5) is 17.7. The number of halogens is 2. The normalized spacial score (nSPS) is 10.6. The Morgan fingerprint density at radius 3 is 2.76 bits per heavy atom. The molecule has 10 heteroatoms. The second-order valence-corrected chi connectivity index (χ2v) is 4.75. The van der Waals surface area contributed by atoms with E-state index in [0.717, 1.165) is 6.20 Å². The van der Waals surface area contributed by atoms with Gasteiger partial charge in [0, 0.05) is 4.90 Å². The molecule has 0 aliphatic heterocycles. The van der Waals surface area contributed by atoms with Crippen molar-refractivity contribution in [1.82, 2.24) is 9.97 Å². The molecule has 1 heterocycles. The van der Waals surface area contributed by atoms with Crippen LogP contribution in [0.1, 0.15) is 0 Å². The number of aromatic nitrogens is 2. The first-order chi connectivity index (χ1) is 9.97. The Kier molecular flexibility index (Phi) is 4.48. The molecular formula is C11H9F2N5O2S. The molecule has 0 radical (unpaired) electrons. The van der Waals surface area contributed by atoms with Crippen LogP contribution in [0.25, 0.3) is 0 Å². The number of nitrogens with zero attached hydrogens (tertiary/aromatic N) is 3. The van der Waals surface area contributed by atoms with Crippen molar-refractivity contribution in [2.24, 2.45) is 0 Å². The third-order valence-electron chi connectivity index (χ3n) is 2.34. The SMILES string of the molecule is Nc1ncc([N+](=O)[O-])c(Nc2ccccc2SC(F)F)n1. The van der Waals surface area contributed by atoms with Crippen molar-refractivity contribution in [2.45, 2.75) is 10.7 Å². The summed E-state index contributed by atoms with van der Waals surface area (Å²) in [5.41, 5.74) is 5.26. The molecule has 0 saturated heterocycles. The molecule has 0 aliphatic rings. The second-order valence-electron chi connectivity index (χ2n) is 3.72. The molecule has 21 heavy (non-hydrogen) atoms. The summed E-state index contributed by atoms with van der Waals surface area (Å²) >= 11 is 0.322. The van der Waals surface area contributed by atoms with Crippen LogP contribution >= 0.6 is 11.8 Å². The van der Waals surface area contributed by atoms with E-state index in [1.54, 1.807) is 12.1 Å². The predicted molar refractivity (Wildman–Crippen MR) is 74.7 cm³/mol. The third kappa shape index (κ3) is 3.75. The van der Waals surface area contributed by atoms with Crippen molar-refractivity contribution in [2.75, 3.05) is 11.1 Å². The summed E-state index contributed by atoms with van der Waals surface area (Å²) in [7, 11) is 0. The molecule has 110 valence electrons. The number of hydrogen-bond donors (Lipinski definition) is 2. The molecule has 0 fully saturated rings. The maximum absolute atomic E-state index is 12.5. The minimum absolute atomic E-state index is 0.158. The maximum atomic E-state index is 12.5. The van der Waals surface area contributed by atoms with Crippen LogP contribution in [0.5, 0.6) is 0 Å². The van der Waals surface area contributed by atoms with Crippen LogP contribution in [0.15, 0.2) is 35.4 Å². The van der Waals surface area contributed by atoms with Gasteiger partial charge in [0.2, 0.25) is 11.8 Å². The van der Waals surface area contributed by atoms with E-state index in [0.29, 0.717) is 11.8 Å². The summed E-state index contributed by atoms with van der Waals surface area (Å²) < 4.78 is 25.0. The van der Waals surface area contributed by atoms with Gasteiger partial charge in [-0.2, -0.15) is 13.8 Å². The number of para-hydroxylation sites is 1. The van der Waals surface area contributed by atoms with Gasteiger partial charge in [0.1, 0.15) is 6.20 Å². The fourth-order valence-corrected chi connectivity index (χ4v) is 2.11. The van der Waals surface area contributed by atoms with Crippen molar-refractivity contribution in [1.29, 1.82) is 0 Å². The quantitative estimate of drug-likeness (QED) is 0.496. The zero-order valence-electron chi connectivity index (χ0n) is 10.4. The number of nitrogens with two attached hydrogens (primary N) is 1. The van der Waals surface area contributed by atoms with Gasteiger partial charge < -0.3 is 11.1 Å². The van der Waals surface area contributed by atoms with Crippen LogP contribution in [0.3, 0.4) is 0 Å². The summed E-state index contributed by atoms with van der Waals surface area (Å²) in [6, 6.07) is 6.16. The number of nitrogen functional groups attached to an aromatic ring is 1. The monoisotopic (exact) mass is 313 g/mol. The van der Waals surface area contributed by atoms with Crippen LogP contribution in [0.4, 0.5) is 31.9 Å². The van der Waals surface area contributed by atoms with E-state index >= 15 is 0 Å². The van der Waals surface area contributed by atoms with Gasteiger partial charge in [0.25, 0.3) is 5.76 Å². The standard InChI is InChI=1S/C11H9F2N5O2S/c12-10(13)21-8-4-2-1-3-6(8)16-9-7(18(19)20)5-15-11(14)17-9/h1-5,10H,(H3,14,15,16,17). The van der Waals surface area contributed by atoms with Gasteiger partial charge in [-0.3, -0.25) is 10.1 Å². The van der Waals surface area contributed by atoms with Gasteiger partial charge in [-0.25, -0.2) is 4.98 Å². The van der Waals surface area contributed by atoms with Crippen LogP contribution in [0.2, 0.25) is 0 Å². The molecule has 0 saturated carbocycles. The maximum Gasteiger partial charge on any atom is 0.329 e. The molecule has 0 spiro atoms. The Morgan fingerprint density at radius 2 is 2.10 bits per heavy atom. The Balaban J connectivity index is 2.38. The highest BCUT2D eigenvalue weighted by Gasteiger charge is 2.18. The van der Waals surface area contributed by atoms with Gasteiger partial charge in [0.15, 0.2) is 0 Å². The average molecular weight is 313 g/mol. The van der Waals surface area contributed by atoms with E-state index in [9.17, 15) is 18.9 Å². The van der Waals surface area contributed by atoms with E-state index < -0.39 is 16.4 Å². The average Bonchev–Trinajstić information content (AvgIpc) is 2.40. The lowest BCUT2D eigenvalue weighted by molar-refractivity contribution is -0.384. The van der Waals surface area contributed by atoms with Crippen LogP contribution in [-0.2, 0) is 0 Å². The topological polar surface area (TPSA) is 107 Å². The van der Waals surface area contributed by atoms with Crippen molar-refractivity contribution in [3.05, 3.63) is 40.6 Å². The molecule has 0 aliphatic carbocycles. The van der Waals surface area contributed by atoms with Crippen LogP contribution < -0.4 is 11.1 Å². The van der Waals surface area contributed by atoms with E-state index in [1.165, 1.54) is 12.1 Å². The number of rotatable bonds is 5. The molecule has 0 atom stereocenters. The van der Waals surface area contributed by atoms with Crippen molar-refractivity contribution < 1.29 is 13.7 Å². The molecular weight excluding hydrogens is 304 g/mol. The fourth-order valence-electron chi connectivity index (χ4n) is 1.51. The van der Waals surface area contributed by atoms with Crippen molar-refractivity contribution in [3.63, 3.8) is 0 Å². The summed E-state index contributed by atoms with van der Waals surface area (Å²) in [5.74, 6) is -2.93. The molecule has 2 rings (SSSR count). The van der Waals surface area contributed by atoms with E-state index in [1.807, 2.05) is 0 Å². The number of anilines is 3. The number of benzene rings is 1. The molecule has 0 unspecified atom stereocenters. The number of thioether (sulfide) groups is 1. The number of nitrogens with one attached hydrogen (secondary N) is 1. The lowest BCUT2D eigenvalue weighted by atomic mass is 10.3. The molecule has 0 amide bonds. The van der Waals surface area contributed by atoms with Gasteiger partial charge in [0.05, 0.1) is 10.6 Å². The first kappa shape index (κ1) is 14.9. The fraction of sp³-hybridized carbons (Fsp3) is 0.0909. The Bertz CT molecular complexity index is 671. The van der Waals surface area contributed by atoms with E-state index in [-0.39, 0.29) is 22.3 Å². The molecule has 1 aromatic carbocycles. The Morgan fingerprint density at radius 1 is 1.38 bits per heavy atom. The predicted octanol–water partition coefficient (Wildman–Crippen LogP) is 3.03. The second kappa shape index (κ2) is 6.31.